The van der Waals surface area contributed by atoms with Gasteiger partial charge in [-0.15, -0.1) is 0 Å². The topological polar surface area (TPSA) is 84.2 Å². The minimum absolute atomic E-state index is 0.0368. The van der Waals surface area contributed by atoms with Crippen molar-refractivity contribution < 1.29 is 9.59 Å². The van der Waals surface area contributed by atoms with Crippen LogP contribution in [0, 0.1) is 6.92 Å². The third-order valence-electron chi connectivity index (χ3n) is 2.22. The van der Waals surface area contributed by atoms with Crippen molar-refractivity contribution in [1.29, 1.82) is 0 Å². The van der Waals surface area contributed by atoms with E-state index in [2.05, 4.69) is 10.6 Å². The maximum Gasteiger partial charge on any atom is 0.251 e. The van der Waals surface area contributed by atoms with Gasteiger partial charge in [-0.2, -0.15) is 0 Å². The van der Waals surface area contributed by atoms with Gasteiger partial charge >= 0.3 is 0 Å². The maximum absolute atomic E-state index is 11.8. The molecule has 0 unspecified atom stereocenters. The first-order valence-electron chi connectivity index (χ1n) is 5.83. The van der Waals surface area contributed by atoms with Crippen LogP contribution in [0.5, 0.6) is 0 Å². The van der Waals surface area contributed by atoms with Crippen molar-refractivity contribution in [3.05, 3.63) is 29.3 Å². The fourth-order valence-corrected chi connectivity index (χ4v) is 1.58. The predicted molar refractivity (Wildman–Crippen MR) is 71.2 cm³/mol. The zero-order valence-electron chi connectivity index (χ0n) is 10.9. The number of rotatable bonds is 4. The van der Waals surface area contributed by atoms with Crippen molar-refractivity contribution in [1.82, 2.24) is 10.6 Å². The Kier molecular flexibility index (Phi) is 4.71. The monoisotopic (exact) mass is 249 g/mol. The van der Waals surface area contributed by atoms with Gasteiger partial charge in [0, 0.05) is 17.3 Å². The first-order chi connectivity index (χ1) is 8.38. The average molecular weight is 249 g/mol. The number of carbonyl (C=O) groups is 2. The van der Waals surface area contributed by atoms with Gasteiger partial charge in [-0.05, 0) is 44.5 Å². The van der Waals surface area contributed by atoms with Crippen molar-refractivity contribution in [3.8, 4) is 0 Å². The van der Waals surface area contributed by atoms with Crippen LogP contribution in [0.1, 0.15) is 29.8 Å². The minimum Gasteiger partial charge on any atom is -0.399 e. The summed E-state index contributed by atoms with van der Waals surface area (Å²) in [6.07, 6.45) is 0. The molecular weight excluding hydrogens is 230 g/mol. The number of nitrogen functional groups attached to an aromatic ring is 1. The van der Waals surface area contributed by atoms with E-state index in [0.717, 1.165) is 5.56 Å². The largest absolute Gasteiger partial charge is 0.399 e. The molecule has 1 aromatic carbocycles. The predicted octanol–water partition coefficient (Wildman–Crippen LogP) is 0.832. The normalized spacial score (nSPS) is 10.2. The summed E-state index contributed by atoms with van der Waals surface area (Å²) in [5.74, 6) is -0.511. The second-order valence-electron chi connectivity index (χ2n) is 4.54. The summed E-state index contributed by atoms with van der Waals surface area (Å²) in [7, 11) is 0. The number of amides is 2. The molecule has 0 aliphatic rings. The number of aryl methyl sites for hydroxylation is 1. The van der Waals surface area contributed by atoms with Crippen molar-refractivity contribution in [2.75, 3.05) is 12.3 Å². The van der Waals surface area contributed by atoms with Crippen LogP contribution in [0.15, 0.2) is 18.2 Å². The number of hydrogen-bond acceptors (Lipinski definition) is 3. The molecule has 0 aliphatic heterocycles. The highest BCUT2D eigenvalue weighted by molar-refractivity contribution is 5.97. The third-order valence-corrected chi connectivity index (χ3v) is 2.22. The molecule has 0 bridgehead atoms. The van der Waals surface area contributed by atoms with Crippen molar-refractivity contribution in [3.63, 3.8) is 0 Å². The molecule has 0 atom stereocenters. The molecule has 4 N–H and O–H groups in total. The second-order valence-corrected chi connectivity index (χ2v) is 4.54. The van der Waals surface area contributed by atoms with E-state index in [1.54, 1.807) is 18.2 Å². The van der Waals surface area contributed by atoms with E-state index >= 15 is 0 Å². The van der Waals surface area contributed by atoms with Gasteiger partial charge in [0.1, 0.15) is 0 Å². The Morgan fingerprint density at radius 2 is 1.94 bits per heavy atom. The van der Waals surface area contributed by atoms with Gasteiger partial charge in [0.25, 0.3) is 5.91 Å². The van der Waals surface area contributed by atoms with Gasteiger partial charge in [-0.3, -0.25) is 9.59 Å². The van der Waals surface area contributed by atoms with Crippen LogP contribution in [0.4, 0.5) is 5.69 Å². The standard InChI is InChI=1S/C13H19N3O2/c1-8(2)16-12(17)7-15-13(18)10-4-9(3)5-11(14)6-10/h4-6,8H,7,14H2,1-3H3,(H,15,18)(H,16,17). The average Bonchev–Trinajstić information content (AvgIpc) is 2.23. The van der Waals surface area contributed by atoms with Gasteiger partial charge in [0.05, 0.1) is 6.54 Å². The first-order valence-corrected chi connectivity index (χ1v) is 5.83. The Bertz CT molecular complexity index is 435. The Hall–Kier alpha value is -2.04. The zero-order chi connectivity index (χ0) is 13.7. The summed E-state index contributed by atoms with van der Waals surface area (Å²) in [5.41, 5.74) is 7.57. The minimum atomic E-state index is -0.302. The van der Waals surface area contributed by atoms with E-state index in [1.807, 2.05) is 20.8 Å². The Morgan fingerprint density at radius 1 is 1.28 bits per heavy atom. The molecule has 0 radical (unpaired) electrons. The molecule has 5 heteroatoms. The number of hydrogen-bond donors (Lipinski definition) is 3. The van der Waals surface area contributed by atoms with E-state index in [1.165, 1.54) is 0 Å². The molecule has 2 amide bonds. The fraction of sp³-hybridized carbons (Fsp3) is 0.385. The van der Waals surface area contributed by atoms with E-state index < -0.39 is 0 Å². The van der Waals surface area contributed by atoms with Crippen molar-refractivity contribution in [2.24, 2.45) is 0 Å². The summed E-state index contributed by atoms with van der Waals surface area (Å²) in [4.78, 5) is 23.2. The number of carbonyl (C=O) groups excluding carboxylic acids is 2. The summed E-state index contributed by atoms with van der Waals surface area (Å²) >= 11 is 0. The smallest absolute Gasteiger partial charge is 0.251 e. The maximum atomic E-state index is 11.8. The Morgan fingerprint density at radius 3 is 2.50 bits per heavy atom. The van der Waals surface area contributed by atoms with E-state index in [-0.39, 0.29) is 24.4 Å². The number of nitrogens with one attached hydrogen (secondary N) is 2. The van der Waals surface area contributed by atoms with Gasteiger partial charge < -0.3 is 16.4 Å². The lowest BCUT2D eigenvalue weighted by atomic mass is 10.1. The molecule has 0 saturated carbocycles. The van der Waals surface area contributed by atoms with Crippen LogP contribution in [0.25, 0.3) is 0 Å². The molecular formula is C13H19N3O2. The van der Waals surface area contributed by atoms with E-state index in [4.69, 9.17) is 5.73 Å². The highest BCUT2D eigenvalue weighted by Gasteiger charge is 2.09. The second kappa shape index (κ2) is 6.05. The number of nitrogens with two attached hydrogens (primary N) is 1. The van der Waals surface area contributed by atoms with Gasteiger partial charge in [-0.1, -0.05) is 0 Å². The molecule has 0 aromatic heterocycles. The zero-order valence-corrected chi connectivity index (χ0v) is 10.9. The molecule has 0 spiro atoms. The lowest BCUT2D eigenvalue weighted by Crippen LogP contribution is -2.39. The van der Waals surface area contributed by atoms with Crippen LogP contribution in [-0.2, 0) is 4.79 Å². The van der Waals surface area contributed by atoms with E-state index in [0.29, 0.717) is 11.3 Å². The van der Waals surface area contributed by atoms with Gasteiger partial charge in [0.2, 0.25) is 5.91 Å². The summed E-state index contributed by atoms with van der Waals surface area (Å²) in [6, 6.07) is 5.15. The van der Waals surface area contributed by atoms with Crippen molar-refractivity contribution >= 4 is 17.5 Å². The van der Waals surface area contributed by atoms with Crippen LogP contribution < -0.4 is 16.4 Å². The van der Waals surface area contributed by atoms with Crippen LogP contribution in [0.2, 0.25) is 0 Å². The Balaban J connectivity index is 2.58. The Labute approximate surface area is 107 Å². The highest BCUT2D eigenvalue weighted by atomic mass is 16.2. The van der Waals surface area contributed by atoms with Crippen LogP contribution >= 0.6 is 0 Å². The lowest BCUT2D eigenvalue weighted by Gasteiger charge is -2.10. The molecule has 98 valence electrons. The molecule has 1 aromatic rings. The molecule has 1 rings (SSSR count). The van der Waals surface area contributed by atoms with E-state index in [9.17, 15) is 9.59 Å². The van der Waals surface area contributed by atoms with Gasteiger partial charge in [0.15, 0.2) is 0 Å². The summed E-state index contributed by atoms with van der Waals surface area (Å²) in [6.45, 7) is 5.55. The molecule has 0 fully saturated rings. The lowest BCUT2D eigenvalue weighted by molar-refractivity contribution is -0.120. The summed E-state index contributed by atoms with van der Waals surface area (Å²) < 4.78 is 0. The first kappa shape index (κ1) is 14.0. The van der Waals surface area contributed by atoms with Crippen LogP contribution in [-0.4, -0.2) is 24.4 Å². The third kappa shape index (κ3) is 4.45. The molecule has 0 aliphatic carbocycles. The highest BCUT2D eigenvalue weighted by Crippen LogP contribution is 2.10. The fourth-order valence-electron chi connectivity index (χ4n) is 1.58. The molecule has 0 heterocycles. The molecule has 0 saturated heterocycles. The van der Waals surface area contributed by atoms with Gasteiger partial charge in [-0.25, -0.2) is 0 Å². The number of benzene rings is 1. The molecule has 18 heavy (non-hydrogen) atoms. The molecule has 5 nitrogen and oxygen atoms in total. The number of anilines is 1. The van der Waals surface area contributed by atoms with Crippen LogP contribution in [0.3, 0.4) is 0 Å². The SMILES string of the molecule is Cc1cc(N)cc(C(=O)NCC(=O)NC(C)C)c1. The van der Waals surface area contributed by atoms with Crippen molar-refractivity contribution in [2.45, 2.75) is 26.8 Å². The quantitative estimate of drug-likeness (QED) is 0.691. The summed E-state index contributed by atoms with van der Waals surface area (Å²) in [5, 5.41) is 5.25.